The Kier molecular flexibility index (Phi) is 6.19. The van der Waals surface area contributed by atoms with Gasteiger partial charge in [-0.3, -0.25) is 14.3 Å². The van der Waals surface area contributed by atoms with Gasteiger partial charge in [0.25, 0.3) is 0 Å². The molecule has 0 saturated carbocycles. The third-order valence-corrected chi connectivity index (χ3v) is 8.35. The van der Waals surface area contributed by atoms with E-state index in [4.69, 9.17) is 11.6 Å². The zero-order valence-electron chi connectivity index (χ0n) is 15.9. The van der Waals surface area contributed by atoms with E-state index in [0.29, 0.717) is 30.3 Å². The number of carbonyl (C=O) groups is 1. The lowest BCUT2D eigenvalue weighted by atomic mass is 10.2. The molecule has 0 spiro atoms. The summed E-state index contributed by atoms with van der Waals surface area (Å²) in [6.07, 6.45) is 4.27. The van der Waals surface area contributed by atoms with Crippen LogP contribution < -0.4 is 0 Å². The van der Waals surface area contributed by atoms with Gasteiger partial charge in [0.05, 0.1) is 17.3 Å². The maximum atomic E-state index is 12.7. The minimum Gasteiger partial charge on any atom is -0.339 e. The van der Waals surface area contributed by atoms with Crippen molar-refractivity contribution in [3.05, 3.63) is 41.7 Å². The number of amides is 1. The number of carbonyl (C=O) groups excluding carboxylic acids is 1. The van der Waals surface area contributed by atoms with Gasteiger partial charge in [-0.05, 0) is 24.6 Å². The van der Waals surface area contributed by atoms with E-state index in [1.54, 1.807) is 6.20 Å². The SMILES string of the molecule is O=C(CSc1nccn1-c1cccc(Cl)c1)N1CCN([C@H]2CCS(=O)(=O)C2)CC1. The standard InChI is InChI=1S/C19H23ClN4O3S2/c20-15-2-1-3-16(12-15)24-6-5-21-19(24)28-13-18(25)23-9-7-22(8-10-23)17-4-11-29(26,27)14-17/h1-3,5-6,12,17H,4,7-11,13-14H2/t17-/m0/s1. The van der Waals surface area contributed by atoms with Crippen molar-refractivity contribution >= 4 is 39.1 Å². The van der Waals surface area contributed by atoms with Gasteiger partial charge in [-0.2, -0.15) is 0 Å². The van der Waals surface area contributed by atoms with E-state index in [-0.39, 0.29) is 23.5 Å². The van der Waals surface area contributed by atoms with E-state index >= 15 is 0 Å². The Morgan fingerprint density at radius 3 is 2.72 bits per heavy atom. The highest BCUT2D eigenvalue weighted by Crippen LogP contribution is 2.23. The average Bonchev–Trinajstić information content (AvgIpc) is 3.32. The van der Waals surface area contributed by atoms with Crippen LogP contribution in [0.15, 0.2) is 41.8 Å². The second kappa shape index (κ2) is 8.67. The summed E-state index contributed by atoms with van der Waals surface area (Å²) < 4.78 is 25.3. The zero-order valence-corrected chi connectivity index (χ0v) is 18.3. The van der Waals surface area contributed by atoms with Gasteiger partial charge in [0, 0.05) is 55.3 Å². The first-order valence-corrected chi connectivity index (χ1v) is 12.7. The minimum absolute atomic E-state index is 0.0781. The first-order chi connectivity index (χ1) is 13.9. The highest BCUT2D eigenvalue weighted by Gasteiger charge is 2.34. The van der Waals surface area contributed by atoms with Gasteiger partial charge < -0.3 is 4.90 Å². The molecule has 1 aromatic carbocycles. The van der Waals surface area contributed by atoms with E-state index in [0.717, 1.165) is 23.9 Å². The third-order valence-electron chi connectivity index (χ3n) is 5.41. The molecule has 2 aromatic rings. The molecule has 0 radical (unpaired) electrons. The third kappa shape index (κ3) is 4.96. The Bertz CT molecular complexity index is 987. The second-order valence-electron chi connectivity index (χ2n) is 7.32. The van der Waals surface area contributed by atoms with E-state index in [9.17, 15) is 13.2 Å². The Labute approximate surface area is 179 Å². The van der Waals surface area contributed by atoms with E-state index in [2.05, 4.69) is 9.88 Å². The van der Waals surface area contributed by atoms with Crippen LogP contribution in [0, 0.1) is 0 Å². The van der Waals surface area contributed by atoms with Gasteiger partial charge in [-0.1, -0.05) is 29.4 Å². The quantitative estimate of drug-likeness (QED) is 0.643. The van der Waals surface area contributed by atoms with Crippen LogP contribution in [0.3, 0.4) is 0 Å². The Morgan fingerprint density at radius 2 is 2.03 bits per heavy atom. The lowest BCUT2D eigenvalue weighted by Gasteiger charge is -2.37. The van der Waals surface area contributed by atoms with Crippen LogP contribution in [0.1, 0.15) is 6.42 Å². The molecule has 1 aromatic heterocycles. The largest absolute Gasteiger partial charge is 0.339 e. The molecular weight excluding hydrogens is 432 g/mol. The summed E-state index contributed by atoms with van der Waals surface area (Å²) in [6, 6.07) is 7.61. The molecular formula is C19H23ClN4O3S2. The van der Waals surface area contributed by atoms with Gasteiger partial charge in [-0.15, -0.1) is 0 Å². The molecule has 0 bridgehead atoms. The highest BCUT2D eigenvalue weighted by atomic mass is 35.5. The first kappa shape index (κ1) is 20.7. The topological polar surface area (TPSA) is 75.5 Å². The number of halogens is 1. The fourth-order valence-electron chi connectivity index (χ4n) is 3.84. The fraction of sp³-hybridized carbons (Fsp3) is 0.474. The molecule has 3 heterocycles. The molecule has 2 saturated heterocycles. The van der Waals surface area contributed by atoms with Crippen LogP contribution in [0.25, 0.3) is 5.69 Å². The van der Waals surface area contributed by atoms with Gasteiger partial charge in [0.1, 0.15) is 0 Å². The summed E-state index contributed by atoms with van der Waals surface area (Å²) in [6.45, 7) is 2.73. The van der Waals surface area contributed by atoms with Crippen molar-refractivity contribution in [3.63, 3.8) is 0 Å². The molecule has 1 amide bonds. The van der Waals surface area contributed by atoms with E-state index < -0.39 is 9.84 Å². The second-order valence-corrected chi connectivity index (χ2v) is 10.9. The minimum atomic E-state index is -2.88. The number of sulfone groups is 1. The predicted octanol–water partition coefficient (Wildman–Crippen LogP) is 1.95. The van der Waals surface area contributed by atoms with Gasteiger partial charge in [0.15, 0.2) is 15.0 Å². The molecule has 2 aliphatic rings. The highest BCUT2D eigenvalue weighted by molar-refractivity contribution is 7.99. The average molecular weight is 455 g/mol. The molecule has 0 N–H and O–H groups in total. The maximum absolute atomic E-state index is 12.7. The normalized spacial score (nSPS) is 22.1. The molecule has 10 heteroatoms. The number of imidazole rings is 1. The summed E-state index contributed by atoms with van der Waals surface area (Å²) >= 11 is 7.49. The predicted molar refractivity (Wildman–Crippen MR) is 115 cm³/mol. The Balaban J connectivity index is 1.30. The summed E-state index contributed by atoms with van der Waals surface area (Å²) in [5.74, 6) is 0.930. The van der Waals surface area contributed by atoms with Crippen LogP contribution in [-0.4, -0.2) is 83.2 Å². The van der Waals surface area contributed by atoms with Gasteiger partial charge in [0.2, 0.25) is 5.91 Å². The number of hydrogen-bond acceptors (Lipinski definition) is 6. The summed E-state index contributed by atoms with van der Waals surface area (Å²) in [7, 11) is -2.88. The Hall–Kier alpha value is -1.55. The number of thioether (sulfide) groups is 1. The van der Waals surface area contributed by atoms with E-state index in [1.165, 1.54) is 11.8 Å². The molecule has 0 aliphatic carbocycles. The molecule has 29 heavy (non-hydrogen) atoms. The number of aromatic nitrogens is 2. The smallest absolute Gasteiger partial charge is 0.233 e. The lowest BCUT2D eigenvalue weighted by Crippen LogP contribution is -2.52. The van der Waals surface area contributed by atoms with Crippen LogP contribution in [0.4, 0.5) is 0 Å². The zero-order chi connectivity index (χ0) is 20.4. The van der Waals surface area contributed by atoms with Crippen molar-refractivity contribution in [2.24, 2.45) is 0 Å². The summed E-state index contributed by atoms with van der Waals surface area (Å²) in [5, 5.41) is 1.39. The molecule has 2 aliphatic heterocycles. The van der Waals surface area contributed by atoms with E-state index in [1.807, 2.05) is 39.9 Å². The number of benzene rings is 1. The van der Waals surface area contributed by atoms with Crippen molar-refractivity contribution in [1.82, 2.24) is 19.4 Å². The Morgan fingerprint density at radius 1 is 1.24 bits per heavy atom. The van der Waals surface area contributed by atoms with Crippen LogP contribution in [-0.2, 0) is 14.6 Å². The first-order valence-electron chi connectivity index (χ1n) is 9.56. The number of piperazine rings is 1. The lowest BCUT2D eigenvalue weighted by molar-refractivity contribution is -0.130. The van der Waals surface area contributed by atoms with Crippen LogP contribution in [0.2, 0.25) is 5.02 Å². The van der Waals surface area contributed by atoms with Crippen molar-refractivity contribution in [2.45, 2.75) is 17.6 Å². The van der Waals surface area contributed by atoms with Crippen LogP contribution in [0.5, 0.6) is 0 Å². The van der Waals surface area contributed by atoms with Crippen LogP contribution >= 0.6 is 23.4 Å². The van der Waals surface area contributed by atoms with Gasteiger partial charge >= 0.3 is 0 Å². The van der Waals surface area contributed by atoms with Crippen molar-refractivity contribution in [1.29, 1.82) is 0 Å². The summed E-state index contributed by atoms with van der Waals surface area (Å²) in [5.41, 5.74) is 0.907. The number of nitrogens with zero attached hydrogens (tertiary/aromatic N) is 4. The fourth-order valence-corrected chi connectivity index (χ4v) is 6.66. The molecule has 1 atom stereocenters. The monoisotopic (exact) mass is 454 g/mol. The molecule has 0 unspecified atom stereocenters. The van der Waals surface area contributed by atoms with Crippen molar-refractivity contribution < 1.29 is 13.2 Å². The molecule has 4 rings (SSSR count). The maximum Gasteiger partial charge on any atom is 0.233 e. The molecule has 2 fully saturated rings. The van der Waals surface area contributed by atoms with Crippen molar-refractivity contribution in [2.75, 3.05) is 43.4 Å². The van der Waals surface area contributed by atoms with Gasteiger partial charge in [-0.25, -0.2) is 13.4 Å². The van der Waals surface area contributed by atoms with Crippen molar-refractivity contribution in [3.8, 4) is 5.69 Å². The molecule has 7 nitrogen and oxygen atoms in total. The number of hydrogen-bond donors (Lipinski definition) is 0. The summed E-state index contributed by atoms with van der Waals surface area (Å²) in [4.78, 5) is 21.1. The molecule has 156 valence electrons. The number of rotatable bonds is 5.